The minimum atomic E-state index is -0.453. The van der Waals surface area contributed by atoms with Gasteiger partial charge in [0, 0.05) is 11.1 Å². The number of rotatable bonds is 5. The molecule has 1 aromatic heterocycles. The molecule has 0 unspecified atom stereocenters. The molecule has 1 heterocycles. The lowest BCUT2D eigenvalue weighted by Crippen LogP contribution is -2.36. The van der Waals surface area contributed by atoms with Crippen LogP contribution in [0.2, 0.25) is 0 Å². The number of pyridine rings is 1. The van der Waals surface area contributed by atoms with Crippen LogP contribution < -0.4 is 0 Å². The summed E-state index contributed by atoms with van der Waals surface area (Å²) < 4.78 is 11.3. The first-order valence-electron chi connectivity index (χ1n) is 11.7. The number of hydrogen-bond donors (Lipinski definition) is 0. The molecule has 31 heavy (non-hydrogen) atoms. The Morgan fingerprint density at radius 3 is 2.71 bits per heavy atom. The van der Waals surface area contributed by atoms with Crippen molar-refractivity contribution in [1.82, 2.24) is 4.98 Å². The number of nitrogens with zero attached hydrogens (tertiary/aromatic N) is 1. The van der Waals surface area contributed by atoms with Crippen molar-refractivity contribution in [2.75, 3.05) is 6.61 Å². The Morgan fingerprint density at radius 1 is 1.13 bits per heavy atom. The second-order valence-electron chi connectivity index (χ2n) is 9.57. The molecule has 2 aromatic rings. The van der Waals surface area contributed by atoms with Crippen LogP contribution in [-0.4, -0.2) is 29.6 Å². The Kier molecular flexibility index (Phi) is 6.59. The van der Waals surface area contributed by atoms with Crippen molar-refractivity contribution >= 4 is 22.8 Å². The molecular formula is C26H33NO4. The number of carbonyl (C=O) groups is 2. The quantitative estimate of drug-likeness (QED) is 0.613. The Bertz CT molecular complexity index is 967. The predicted molar refractivity (Wildman–Crippen MR) is 120 cm³/mol. The van der Waals surface area contributed by atoms with Gasteiger partial charge in [0.2, 0.25) is 0 Å². The van der Waals surface area contributed by atoms with E-state index in [-0.39, 0.29) is 12.7 Å². The van der Waals surface area contributed by atoms with E-state index in [1.54, 1.807) is 0 Å². The summed E-state index contributed by atoms with van der Waals surface area (Å²) in [5.74, 6) is 0.469. The Labute approximate surface area is 184 Å². The maximum atomic E-state index is 13.1. The van der Waals surface area contributed by atoms with Gasteiger partial charge in [0.25, 0.3) is 0 Å². The van der Waals surface area contributed by atoms with E-state index in [2.05, 4.69) is 20.8 Å². The molecule has 0 N–H and O–H groups in total. The van der Waals surface area contributed by atoms with Gasteiger partial charge >= 0.3 is 11.9 Å². The summed E-state index contributed by atoms with van der Waals surface area (Å²) in [6.07, 6.45) is 6.84. The highest BCUT2D eigenvalue weighted by Crippen LogP contribution is 2.35. The number of aromatic nitrogens is 1. The number of esters is 2. The fourth-order valence-corrected chi connectivity index (χ4v) is 5.26. The van der Waals surface area contributed by atoms with E-state index < -0.39 is 11.9 Å². The highest BCUT2D eigenvalue weighted by Gasteiger charge is 2.33. The van der Waals surface area contributed by atoms with Gasteiger partial charge in [-0.15, -0.1) is 0 Å². The van der Waals surface area contributed by atoms with E-state index in [1.165, 1.54) is 6.42 Å². The number of aryl methyl sites for hydroxylation is 1. The maximum absolute atomic E-state index is 13.1. The summed E-state index contributed by atoms with van der Waals surface area (Å²) in [5.41, 5.74) is 3.33. The third kappa shape index (κ3) is 4.76. The lowest BCUT2D eigenvalue weighted by molar-refractivity contribution is -0.159. The van der Waals surface area contributed by atoms with Gasteiger partial charge in [0.15, 0.2) is 6.61 Å². The Hall–Kier alpha value is -2.43. The molecule has 0 radical (unpaired) electrons. The van der Waals surface area contributed by atoms with Crippen molar-refractivity contribution in [3.63, 3.8) is 0 Å². The predicted octanol–water partition coefficient (Wildman–Crippen LogP) is 5.27. The van der Waals surface area contributed by atoms with Crippen LogP contribution in [0.15, 0.2) is 24.3 Å². The summed E-state index contributed by atoms with van der Waals surface area (Å²) in [5, 5.41) is 0.794. The fourth-order valence-electron chi connectivity index (χ4n) is 5.26. The van der Waals surface area contributed by atoms with Crippen LogP contribution in [0.25, 0.3) is 10.9 Å². The summed E-state index contributed by atoms with van der Waals surface area (Å²) in [6, 6.07) is 7.66. The summed E-state index contributed by atoms with van der Waals surface area (Å²) >= 11 is 0. The van der Waals surface area contributed by atoms with Crippen LogP contribution >= 0.6 is 0 Å². The number of benzene rings is 1. The van der Waals surface area contributed by atoms with Crippen molar-refractivity contribution in [2.24, 2.45) is 17.8 Å². The topological polar surface area (TPSA) is 65.5 Å². The number of para-hydroxylation sites is 1. The minimum Gasteiger partial charge on any atom is -0.460 e. The molecule has 4 rings (SSSR count). The molecule has 1 aromatic carbocycles. The van der Waals surface area contributed by atoms with E-state index in [9.17, 15) is 9.59 Å². The molecule has 3 atom stereocenters. The van der Waals surface area contributed by atoms with Gasteiger partial charge in [0.1, 0.15) is 6.10 Å². The summed E-state index contributed by atoms with van der Waals surface area (Å²) in [7, 11) is 0. The van der Waals surface area contributed by atoms with Crippen molar-refractivity contribution in [2.45, 2.75) is 71.8 Å². The molecule has 0 spiro atoms. The largest absolute Gasteiger partial charge is 0.460 e. The number of ether oxygens (including phenoxy) is 2. The maximum Gasteiger partial charge on any atom is 0.344 e. The zero-order chi connectivity index (χ0) is 22.0. The van der Waals surface area contributed by atoms with Crippen molar-refractivity contribution in [1.29, 1.82) is 0 Å². The highest BCUT2D eigenvalue weighted by molar-refractivity contribution is 6.05. The van der Waals surface area contributed by atoms with Crippen molar-refractivity contribution in [3.8, 4) is 0 Å². The van der Waals surface area contributed by atoms with Gasteiger partial charge < -0.3 is 9.47 Å². The molecular weight excluding hydrogens is 390 g/mol. The van der Waals surface area contributed by atoms with Gasteiger partial charge in [-0.05, 0) is 67.9 Å². The molecule has 5 heteroatoms. The van der Waals surface area contributed by atoms with E-state index >= 15 is 0 Å². The summed E-state index contributed by atoms with van der Waals surface area (Å²) in [6.45, 7) is 6.22. The lowest BCUT2D eigenvalue weighted by Gasteiger charge is -2.36. The molecule has 0 saturated heterocycles. The van der Waals surface area contributed by atoms with E-state index in [0.717, 1.165) is 60.7 Å². The van der Waals surface area contributed by atoms with E-state index in [4.69, 9.17) is 14.5 Å². The van der Waals surface area contributed by atoms with Crippen LogP contribution in [0.1, 0.15) is 74.5 Å². The first-order valence-corrected chi connectivity index (χ1v) is 11.7. The number of fused-ring (bicyclic) bond motifs is 2. The third-order valence-electron chi connectivity index (χ3n) is 6.94. The van der Waals surface area contributed by atoms with Crippen molar-refractivity contribution < 1.29 is 19.1 Å². The van der Waals surface area contributed by atoms with Gasteiger partial charge in [-0.1, -0.05) is 45.4 Å². The molecule has 2 aliphatic rings. The molecule has 0 bridgehead atoms. The van der Waals surface area contributed by atoms with Gasteiger partial charge in [-0.2, -0.15) is 0 Å². The zero-order valence-electron chi connectivity index (χ0n) is 18.9. The number of hydrogen-bond acceptors (Lipinski definition) is 5. The van der Waals surface area contributed by atoms with Gasteiger partial charge in [-0.25, -0.2) is 9.59 Å². The second-order valence-corrected chi connectivity index (χ2v) is 9.57. The molecule has 2 aliphatic carbocycles. The highest BCUT2D eigenvalue weighted by atomic mass is 16.6. The first kappa shape index (κ1) is 21.8. The van der Waals surface area contributed by atoms with Crippen LogP contribution in [-0.2, 0) is 27.1 Å². The van der Waals surface area contributed by atoms with Crippen molar-refractivity contribution in [3.05, 3.63) is 41.1 Å². The normalized spacial score (nSPS) is 23.4. The van der Waals surface area contributed by atoms with E-state index in [1.807, 2.05) is 24.3 Å². The smallest absolute Gasteiger partial charge is 0.344 e. The van der Waals surface area contributed by atoms with Crippen LogP contribution in [0.5, 0.6) is 0 Å². The average Bonchev–Trinajstić information content (AvgIpc) is 2.75. The van der Waals surface area contributed by atoms with Crippen LogP contribution in [0.3, 0.4) is 0 Å². The monoisotopic (exact) mass is 423 g/mol. The van der Waals surface area contributed by atoms with Gasteiger partial charge in [0.05, 0.1) is 11.1 Å². The summed E-state index contributed by atoms with van der Waals surface area (Å²) in [4.78, 5) is 30.4. The van der Waals surface area contributed by atoms with Crippen LogP contribution in [0.4, 0.5) is 0 Å². The average molecular weight is 424 g/mol. The molecule has 5 nitrogen and oxygen atoms in total. The van der Waals surface area contributed by atoms with Crippen LogP contribution in [0, 0.1) is 17.8 Å². The molecule has 0 aliphatic heterocycles. The first-order chi connectivity index (χ1) is 14.9. The molecule has 166 valence electrons. The molecule has 0 amide bonds. The Balaban J connectivity index is 1.48. The second kappa shape index (κ2) is 9.37. The minimum absolute atomic E-state index is 0.0931. The van der Waals surface area contributed by atoms with Gasteiger partial charge in [-0.3, -0.25) is 4.98 Å². The standard InChI is InChI=1S/C26H33NO4/c1-16(2)18-13-12-17(3)14-23(18)31-24(28)15-30-26(29)25-19-8-4-6-10-21(19)27-22-11-7-5-9-20(22)25/h4,6,8,10,16-18,23H,5,7,9,11-15H2,1-3H3/t17-,18-,23-/m0/s1. The molecule has 1 saturated carbocycles. The molecule has 1 fully saturated rings. The Morgan fingerprint density at radius 2 is 1.90 bits per heavy atom. The zero-order valence-corrected chi connectivity index (χ0v) is 18.9. The fraction of sp³-hybridized carbons (Fsp3) is 0.577. The van der Waals surface area contributed by atoms with E-state index in [0.29, 0.717) is 23.3 Å². The third-order valence-corrected chi connectivity index (χ3v) is 6.94. The lowest BCUT2D eigenvalue weighted by atomic mass is 9.75. The number of carbonyl (C=O) groups excluding carboxylic acids is 2. The SMILES string of the molecule is CC(C)[C@@H]1CC[C@H](C)C[C@@H]1OC(=O)COC(=O)c1c2c(nc3ccccc13)CCCC2.